The summed E-state index contributed by atoms with van der Waals surface area (Å²) in [5, 5.41) is 15.8. The lowest BCUT2D eigenvalue weighted by molar-refractivity contribution is 0.0785. The molecule has 0 bridgehead atoms. The Morgan fingerprint density at radius 3 is 2.68 bits per heavy atom. The summed E-state index contributed by atoms with van der Waals surface area (Å²) in [6.45, 7) is 2.55. The van der Waals surface area contributed by atoms with Crippen molar-refractivity contribution in [3.63, 3.8) is 0 Å². The van der Waals surface area contributed by atoms with Crippen LogP contribution in [0.5, 0.6) is 5.88 Å². The Labute approximate surface area is 179 Å². The van der Waals surface area contributed by atoms with E-state index in [9.17, 15) is 5.11 Å². The number of aromatic nitrogens is 6. The average Bonchev–Trinajstić information content (AvgIpc) is 3.50. The minimum absolute atomic E-state index is 0.498. The number of fused-ring (bicyclic) bond motifs is 1. The fraction of sp³-hybridized carbons (Fsp3) is 0.217. The van der Waals surface area contributed by atoms with Gasteiger partial charge in [-0.2, -0.15) is 5.10 Å². The molecule has 8 heteroatoms. The molecule has 4 aromatic rings. The summed E-state index contributed by atoms with van der Waals surface area (Å²) in [6, 6.07) is 13.4. The third-order valence-electron chi connectivity index (χ3n) is 5.44. The first kappa shape index (κ1) is 19.2. The van der Waals surface area contributed by atoms with Crippen molar-refractivity contribution in [2.24, 2.45) is 0 Å². The predicted molar refractivity (Wildman–Crippen MR) is 116 cm³/mol. The third kappa shape index (κ3) is 3.40. The third-order valence-corrected chi connectivity index (χ3v) is 5.44. The van der Waals surface area contributed by atoms with Gasteiger partial charge in [-0.3, -0.25) is 0 Å². The number of nitrogens with zero attached hydrogens (tertiary/aromatic N) is 6. The van der Waals surface area contributed by atoms with E-state index in [1.807, 2.05) is 66.2 Å². The maximum atomic E-state index is 11.2. The van der Waals surface area contributed by atoms with Gasteiger partial charge in [0.05, 0.1) is 24.8 Å². The number of methoxy groups -OCH3 is 1. The molecule has 1 unspecified atom stereocenters. The van der Waals surface area contributed by atoms with Crippen molar-refractivity contribution in [3.05, 3.63) is 83.6 Å². The van der Waals surface area contributed by atoms with Gasteiger partial charge in [0.25, 0.3) is 0 Å². The van der Waals surface area contributed by atoms with Crippen LogP contribution in [-0.2, 0) is 12.1 Å². The van der Waals surface area contributed by atoms with Gasteiger partial charge in [0.15, 0.2) is 17.2 Å². The molecule has 0 aliphatic carbocycles. The smallest absolute Gasteiger partial charge is 0.238 e. The lowest BCUT2D eigenvalue weighted by Gasteiger charge is -2.20. The van der Waals surface area contributed by atoms with E-state index in [1.54, 1.807) is 24.2 Å². The molecule has 156 valence electrons. The van der Waals surface area contributed by atoms with Gasteiger partial charge in [-0.15, -0.1) is 0 Å². The highest BCUT2D eigenvalue weighted by Gasteiger charge is 2.41. The number of aryl methyl sites for hydroxylation is 2. The Morgan fingerprint density at radius 1 is 1.10 bits per heavy atom. The van der Waals surface area contributed by atoms with Crippen LogP contribution in [0.1, 0.15) is 35.0 Å². The minimum atomic E-state index is -1.12. The second-order valence-corrected chi connectivity index (χ2v) is 7.51. The van der Waals surface area contributed by atoms with Gasteiger partial charge in [-0.1, -0.05) is 30.3 Å². The van der Waals surface area contributed by atoms with Crippen molar-refractivity contribution in [1.82, 2.24) is 29.3 Å². The zero-order valence-corrected chi connectivity index (χ0v) is 17.3. The molecule has 1 aliphatic rings. The summed E-state index contributed by atoms with van der Waals surface area (Å²) in [4.78, 5) is 13.4. The summed E-state index contributed by atoms with van der Waals surface area (Å²) in [5.41, 5.74) is 2.15. The number of pyridine rings is 1. The molecule has 0 saturated carbocycles. The molecular weight excluding hydrogens is 392 g/mol. The molecule has 3 aromatic heterocycles. The molecule has 4 heterocycles. The van der Waals surface area contributed by atoms with E-state index >= 15 is 0 Å². The van der Waals surface area contributed by atoms with E-state index in [-0.39, 0.29) is 0 Å². The first-order valence-electron chi connectivity index (χ1n) is 10.0. The molecule has 0 spiro atoms. The average molecular weight is 414 g/mol. The van der Waals surface area contributed by atoms with Crippen molar-refractivity contribution in [2.45, 2.75) is 25.5 Å². The molecule has 5 rings (SSSR count). The normalized spacial score (nSPS) is 17.9. The largest absolute Gasteiger partial charge is 0.479 e. The summed E-state index contributed by atoms with van der Waals surface area (Å²) >= 11 is 0. The van der Waals surface area contributed by atoms with Crippen LogP contribution >= 0.6 is 0 Å². The van der Waals surface area contributed by atoms with Crippen molar-refractivity contribution < 1.29 is 9.84 Å². The monoisotopic (exact) mass is 414 g/mol. The molecule has 31 heavy (non-hydrogen) atoms. The molecule has 1 aliphatic heterocycles. The van der Waals surface area contributed by atoms with Crippen molar-refractivity contribution in [3.8, 4) is 11.6 Å². The quantitative estimate of drug-likeness (QED) is 0.540. The van der Waals surface area contributed by atoms with Crippen LogP contribution in [0, 0.1) is 6.92 Å². The topological polar surface area (TPSA) is 90.9 Å². The second-order valence-electron chi connectivity index (χ2n) is 7.51. The van der Waals surface area contributed by atoms with E-state index in [1.165, 1.54) is 0 Å². The molecule has 0 amide bonds. The zero-order chi connectivity index (χ0) is 21.4. The van der Waals surface area contributed by atoms with Crippen LogP contribution in [0.2, 0.25) is 0 Å². The lowest BCUT2D eigenvalue weighted by Crippen LogP contribution is -2.25. The standard InChI is InChI=1S/C23H22N6O2/c1-16-14-28(15-24-16)19-10-8-18(25-21(19)31-2)9-11-20-26-22-23(30,12-13-29(22)27-20)17-6-4-3-5-7-17/h3-11,14-15,30H,12-13H2,1-2H3. The van der Waals surface area contributed by atoms with Crippen molar-refractivity contribution >= 4 is 12.2 Å². The van der Waals surface area contributed by atoms with E-state index in [2.05, 4.69) is 20.1 Å². The highest BCUT2D eigenvalue weighted by atomic mass is 16.5. The summed E-state index contributed by atoms with van der Waals surface area (Å²) in [6.07, 6.45) is 7.83. The fourth-order valence-electron chi connectivity index (χ4n) is 3.86. The number of ether oxygens (including phenoxy) is 1. The highest BCUT2D eigenvalue weighted by Crippen LogP contribution is 2.37. The first-order valence-corrected chi connectivity index (χ1v) is 10.0. The Morgan fingerprint density at radius 2 is 1.94 bits per heavy atom. The highest BCUT2D eigenvalue weighted by molar-refractivity contribution is 5.65. The van der Waals surface area contributed by atoms with E-state index < -0.39 is 5.60 Å². The van der Waals surface area contributed by atoms with E-state index in [4.69, 9.17) is 4.74 Å². The zero-order valence-electron chi connectivity index (χ0n) is 17.3. The molecule has 8 nitrogen and oxygen atoms in total. The molecule has 1 aromatic carbocycles. The molecule has 1 atom stereocenters. The Kier molecular flexibility index (Phi) is 4.63. The number of hydrogen-bond donors (Lipinski definition) is 1. The van der Waals surface area contributed by atoms with Crippen LogP contribution in [-0.4, -0.2) is 41.5 Å². The molecule has 0 radical (unpaired) electrons. The molecule has 1 N–H and O–H groups in total. The van der Waals surface area contributed by atoms with Crippen LogP contribution < -0.4 is 4.74 Å². The summed E-state index contributed by atoms with van der Waals surface area (Å²) in [5.74, 6) is 1.59. The Hall–Kier alpha value is -3.78. The van der Waals surface area contributed by atoms with Gasteiger partial charge in [-0.25, -0.2) is 19.6 Å². The second kappa shape index (κ2) is 7.48. The van der Waals surface area contributed by atoms with E-state index in [0.29, 0.717) is 36.2 Å². The van der Waals surface area contributed by atoms with Crippen molar-refractivity contribution in [2.75, 3.05) is 7.11 Å². The Balaban J connectivity index is 1.42. The SMILES string of the molecule is COc1nc(C=Cc2nc3n(n2)CCC3(O)c2ccccc2)ccc1-n1cnc(C)c1. The Bertz CT molecular complexity index is 1260. The van der Waals surface area contributed by atoms with E-state index in [0.717, 1.165) is 16.9 Å². The number of imidazole rings is 1. The number of aliphatic hydroxyl groups is 1. The summed E-state index contributed by atoms with van der Waals surface area (Å²) < 4.78 is 9.11. The van der Waals surface area contributed by atoms with Crippen LogP contribution in [0.15, 0.2) is 55.0 Å². The summed E-state index contributed by atoms with van der Waals surface area (Å²) in [7, 11) is 1.59. The van der Waals surface area contributed by atoms with Crippen LogP contribution in [0.4, 0.5) is 0 Å². The van der Waals surface area contributed by atoms with Crippen molar-refractivity contribution in [1.29, 1.82) is 0 Å². The maximum Gasteiger partial charge on any atom is 0.238 e. The first-order chi connectivity index (χ1) is 15.1. The number of hydrogen-bond acceptors (Lipinski definition) is 6. The van der Waals surface area contributed by atoms with Crippen LogP contribution in [0.3, 0.4) is 0 Å². The molecule has 0 saturated heterocycles. The number of rotatable bonds is 5. The predicted octanol–water partition coefficient (Wildman–Crippen LogP) is 2.99. The minimum Gasteiger partial charge on any atom is -0.479 e. The van der Waals surface area contributed by atoms with Gasteiger partial charge >= 0.3 is 0 Å². The van der Waals surface area contributed by atoms with Crippen LogP contribution in [0.25, 0.3) is 17.8 Å². The number of benzene rings is 1. The molecule has 0 fully saturated rings. The van der Waals surface area contributed by atoms with Gasteiger partial charge in [0.1, 0.15) is 5.69 Å². The molecular formula is C23H22N6O2. The van der Waals surface area contributed by atoms with Gasteiger partial charge in [0, 0.05) is 19.2 Å². The lowest BCUT2D eigenvalue weighted by atomic mass is 9.92. The van der Waals surface area contributed by atoms with Gasteiger partial charge < -0.3 is 14.4 Å². The van der Waals surface area contributed by atoms with Gasteiger partial charge in [0.2, 0.25) is 5.88 Å². The fourth-order valence-corrected chi connectivity index (χ4v) is 3.86. The van der Waals surface area contributed by atoms with Gasteiger partial charge in [-0.05, 0) is 36.8 Å². The maximum absolute atomic E-state index is 11.2.